The van der Waals surface area contributed by atoms with Crippen LogP contribution in [0.15, 0.2) is 60.1 Å². The number of likely N-dealkylation sites (tertiary alicyclic amines) is 1. The summed E-state index contributed by atoms with van der Waals surface area (Å²) >= 11 is 1.59. The third-order valence-electron chi connectivity index (χ3n) is 8.39. The number of nitrogens with one attached hydrogen (secondary N) is 2. The summed E-state index contributed by atoms with van der Waals surface area (Å²) in [6, 6.07) is 18.0. The minimum Gasteiger partial charge on any atom is -0.497 e. The zero-order valence-electron chi connectivity index (χ0n) is 25.0. The number of rotatable bonds is 10. The van der Waals surface area contributed by atoms with E-state index in [-0.39, 0.29) is 11.8 Å². The molecule has 0 aliphatic carbocycles. The lowest BCUT2D eigenvalue weighted by molar-refractivity contribution is -0.130. The summed E-state index contributed by atoms with van der Waals surface area (Å²) in [4.78, 5) is 31.3. The largest absolute Gasteiger partial charge is 0.497 e. The van der Waals surface area contributed by atoms with Crippen molar-refractivity contribution in [2.24, 2.45) is 17.4 Å². The molecule has 1 aromatic heterocycles. The highest BCUT2D eigenvalue weighted by atomic mass is 32.1. The van der Waals surface area contributed by atoms with Crippen molar-refractivity contribution in [3.8, 4) is 16.9 Å². The molecule has 43 heavy (non-hydrogen) atoms. The molecule has 3 aromatic carbocycles. The Morgan fingerprint density at radius 1 is 1.12 bits per heavy atom. The van der Waals surface area contributed by atoms with Crippen molar-refractivity contribution in [2.45, 2.75) is 45.3 Å². The molecule has 1 atom stereocenters. The maximum absolute atomic E-state index is 13.3. The van der Waals surface area contributed by atoms with E-state index in [4.69, 9.17) is 16.2 Å². The monoisotopic (exact) mass is 600 g/mol. The first-order valence-electron chi connectivity index (χ1n) is 14.6. The Kier molecular flexibility index (Phi) is 9.29. The SMILES string of the molecule is COc1ccc(CNc2cc(CN)c3ncsc3c2)c(-c2cccc(C(C)(N)C(=O)NCC3CCN(C(C)=O)CC3)c2)c1. The first kappa shape index (κ1) is 30.5. The Labute approximate surface area is 256 Å². The van der Waals surface area contributed by atoms with Crippen LogP contribution in [0.25, 0.3) is 21.3 Å². The van der Waals surface area contributed by atoms with E-state index in [1.807, 2.05) is 46.8 Å². The summed E-state index contributed by atoms with van der Waals surface area (Å²) < 4.78 is 6.65. The number of ether oxygens (including phenoxy) is 1. The van der Waals surface area contributed by atoms with Crippen LogP contribution in [-0.2, 0) is 28.2 Å². The highest BCUT2D eigenvalue weighted by Gasteiger charge is 2.32. The Balaban J connectivity index is 1.33. The van der Waals surface area contributed by atoms with E-state index in [1.54, 1.807) is 32.3 Å². The number of anilines is 1. The van der Waals surface area contributed by atoms with Crippen molar-refractivity contribution in [1.82, 2.24) is 15.2 Å². The van der Waals surface area contributed by atoms with Gasteiger partial charge in [0.05, 0.1) is 22.8 Å². The lowest BCUT2D eigenvalue weighted by Crippen LogP contribution is -2.50. The maximum Gasteiger partial charge on any atom is 0.244 e. The fourth-order valence-corrected chi connectivity index (χ4v) is 6.37. The quantitative estimate of drug-likeness (QED) is 0.209. The van der Waals surface area contributed by atoms with Gasteiger partial charge in [-0.15, -0.1) is 11.3 Å². The van der Waals surface area contributed by atoms with Gasteiger partial charge in [0.1, 0.15) is 11.3 Å². The number of methoxy groups -OCH3 is 1. The lowest BCUT2D eigenvalue weighted by atomic mass is 9.88. The zero-order valence-corrected chi connectivity index (χ0v) is 25.8. The Morgan fingerprint density at radius 2 is 1.91 bits per heavy atom. The van der Waals surface area contributed by atoms with Gasteiger partial charge in [-0.2, -0.15) is 0 Å². The minimum absolute atomic E-state index is 0.102. The van der Waals surface area contributed by atoms with Crippen LogP contribution in [-0.4, -0.2) is 48.4 Å². The molecule has 0 bridgehead atoms. The smallest absolute Gasteiger partial charge is 0.244 e. The summed E-state index contributed by atoms with van der Waals surface area (Å²) in [7, 11) is 1.65. The Morgan fingerprint density at radius 3 is 2.63 bits per heavy atom. The molecule has 0 radical (unpaired) electrons. The first-order chi connectivity index (χ1) is 20.7. The van der Waals surface area contributed by atoms with E-state index in [0.29, 0.717) is 25.6 Å². The molecule has 1 aliphatic heterocycles. The molecule has 0 spiro atoms. The number of carbonyl (C=O) groups excluding carboxylic acids is 2. The number of hydrogen-bond donors (Lipinski definition) is 4. The van der Waals surface area contributed by atoms with Crippen LogP contribution >= 0.6 is 11.3 Å². The van der Waals surface area contributed by atoms with Crippen LogP contribution in [0.2, 0.25) is 0 Å². The minimum atomic E-state index is -1.23. The van der Waals surface area contributed by atoms with Gasteiger partial charge in [-0.05, 0) is 83.8 Å². The maximum atomic E-state index is 13.3. The van der Waals surface area contributed by atoms with Crippen LogP contribution in [0.4, 0.5) is 5.69 Å². The fraction of sp³-hybridized carbons (Fsp3) is 0.364. The molecular weight excluding hydrogens is 560 g/mol. The molecule has 226 valence electrons. The number of nitrogens with zero attached hydrogens (tertiary/aromatic N) is 2. The van der Waals surface area contributed by atoms with Crippen molar-refractivity contribution < 1.29 is 14.3 Å². The molecule has 1 unspecified atom stereocenters. The topological polar surface area (TPSA) is 136 Å². The molecule has 6 N–H and O–H groups in total. The van der Waals surface area contributed by atoms with E-state index in [2.05, 4.69) is 33.8 Å². The van der Waals surface area contributed by atoms with E-state index in [0.717, 1.165) is 75.4 Å². The standard InChI is InChI=1S/C33H40N6O3S/c1-21(40)39-11-9-22(10-12-39)18-37-32(41)33(2,35)26-6-4-5-23(13-26)29-16-28(42-3)8-7-24(29)19-36-27-14-25(17-34)31-30(15-27)43-20-38-31/h4-8,13-16,20,22,36H,9-12,17-19,34-35H2,1-3H3,(H,37,41). The predicted octanol–water partition coefficient (Wildman–Crippen LogP) is 4.59. The van der Waals surface area contributed by atoms with Gasteiger partial charge in [-0.1, -0.05) is 24.3 Å². The molecule has 0 saturated carbocycles. The average Bonchev–Trinajstić information content (AvgIpc) is 3.51. The summed E-state index contributed by atoms with van der Waals surface area (Å²) in [5, 5.41) is 6.63. The van der Waals surface area contributed by atoms with E-state index in [1.165, 1.54) is 0 Å². The van der Waals surface area contributed by atoms with Crippen molar-refractivity contribution in [3.63, 3.8) is 0 Å². The molecule has 4 aromatic rings. The highest BCUT2D eigenvalue weighted by molar-refractivity contribution is 7.16. The van der Waals surface area contributed by atoms with Crippen LogP contribution in [0.5, 0.6) is 5.75 Å². The predicted molar refractivity (Wildman–Crippen MR) is 173 cm³/mol. The molecule has 1 saturated heterocycles. The van der Waals surface area contributed by atoms with Crippen LogP contribution in [0.1, 0.15) is 43.4 Å². The van der Waals surface area contributed by atoms with Gasteiger partial charge < -0.3 is 31.7 Å². The highest BCUT2D eigenvalue weighted by Crippen LogP contribution is 2.32. The molecule has 9 nitrogen and oxygen atoms in total. The normalized spacial score (nSPS) is 15.2. The molecular formula is C33H40N6O3S. The Bertz CT molecular complexity index is 1610. The number of nitrogens with two attached hydrogens (primary N) is 2. The number of amides is 2. The van der Waals surface area contributed by atoms with Crippen LogP contribution in [0, 0.1) is 5.92 Å². The van der Waals surface area contributed by atoms with E-state index in [9.17, 15) is 9.59 Å². The van der Waals surface area contributed by atoms with Gasteiger partial charge in [0, 0.05) is 45.3 Å². The molecule has 2 heterocycles. The number of aromatic nitrogens is 1. The summed E-state index contributed by atoms with van der Waals surface area (Å²) in [6.45, 7) is 6.33. The molecule has 2 amide bonds. The number of piperidine rings is 1. The lowest BCUT2D eigenvalue weighted by Gasteiger charge is -2.32. The van der Waals surface area contributed by atoms with Crippen molar-refractivity contribution in [3.05, 3.63) is 76.8 Å². The second kappa shape index (κ2) is 13.1. The van der Waals surface area contributed by atoms with Gasteiger partial charge >= 0.3 is 0 Å². The number of carbonyl (C=O) groups is 2. The van der Waals surface area contributed by atoms with Gasteiger partial charge in [0.15, 0.2) is 0 Å². The fourth-order valence-electron chi connectivity index (χ4n) is 5.61. The average molecular weight is 601 g/mol. The number of fused-ring (bicyclic) bond motifs is 1. The molecule has 10 heteroatoms. The van der Waals surface area contributed by atoms with Crippen molar-refractivity contribution in [2.75, 3.05) is 32.1 Å². The molecule has 5 rings (SSSR count). The second-order valence-corrected chi connectivity index (χ2v) is 12.2. The van der Waals surface area contributed by atoms with E-state index >= 15 is 0 Å². The zero-order chi connectivity index (χ0) is 30.6. The van der Waals surface area contributed by atoms with Crippen molar-refractivity contribution in [1.29, 1.82) is 0 Å². The second-order valence-electron chi connectivity index (χ2n) is 11.4. The van der Waals surface area contributed by atoms with Gasteiger partial charge in [0.25, 0.3) is 0 Å². The summed E-state index contributed by atoms with van der Waals surface area (Å²) in [5.41, 5.74) is 19.9. The number of thiazole rings is 1. The first-order valence-corrected chi connectivity index (χ1v) is 15.5. The van der Waals surface area contributed by atoms with Crippen LogP contribution < -0.4 is 26.8 Å². The molecule has 1 aliphatic rings. The number of benzene rings is 3. The van der Waals surface area contributed by atoms with Crippen LogP contribution in [0.3, 0.4) is 0 Å². The third kappa shape index (κ3) is 6.82. The number of hydrogen-bond acceptors (Lipinski definition) is 8. The van der Waals surface area contributed by atoms with Gasteiger partial charge in [-0.25, -0.2) is 4.98 Å². The third-order valence-corrected chi connectivity index (χ3v) is 9.17. The van der Waals surface area contributed by atoms with Gasteiger partial charge in [0.2, 0.25) is 11.8 Å². The van der Waals surface area contributed by atoms with Crippen molar-refractivity contribution >= 4 is 39.1 Å². The summed E-state index contributed by atoms with van der Waals surface area (Å²) in [5.74, 6) is 0.946. The molecule has 1 fully saturated rings. The Hall–Kier alpha value is -3.99. The summed E-state index contributed by atoms with van der Waals surface area (Å²) in [6.07, 6.45) is 1.74. The van der Waals surface area contributed by atoms with E-state index < -0.39 is 5.54 Å². The van der Waals surface area contributed by atoms with Gasteiger partial charge in [-0.3, -0.25) is 9.59 Å².